The average molecular weight is 549 g/mol. The lowest BCUT2D eigenvalue weighted by Gasteiger charge is -2.26. The minimum absolute atomic E-state index is 0.0402. The molecule has 1 heterocycles. The van der Waals surface area contributed by atoms with Gasteiger partial charge < -0.3 is 10.2 Å². The van der Waals surface area contributed by atoms with Gasteiger partial charge in [0, 0.05) is 38.2 Å². The molecule has 41 heavy (non-hydrogen) atoms. The van der Waals surface area contributed by atoms with E-state index in [2.05, 4.69) is 41.7 Å². The van der Waals surface area contributed by atoms with Crippen molar-refractivity contribution in [3.63, 3.8) is 0 Å². The Bertz CT molecular complexity index is 2290. The van der Waals surface area contributed by atoms with Crippen molar-refractivity contribution in [2.45, 2.75) is 0 Å². The molecular weight excluding hydrogens is 518 g/mol. The molecule has 0 aliphatic heterocycles. The number of nitrogens with one attached hydrogen (secondary N) is 1. The van der Waals surface area contributed by atoms with Crippen molar-refractivity contribution >= 4 is 59.9 Å². The Balaban J connectivity index is 1.48. The van der Waals surface area contributed by atoms with Gasteiger partial charge in [0.1, 0.15) is 6.07 Å². The molecule has 0 spiro atoms. The fourth-order valence-corrected chi connectivity index (χ4v) is 6.27. The molecule has 4 heteroatoms. The van der Waals surface area contributed by atoms with Crippen molar-refractivity contribution in [2.75, 3.05) is 10.2 Å². The fourth-order valence-electron chi connectivity index (χ4n) is 5.10. The van der Waals surface area contributed by atoms with E-state index in [9.17, 15) is 5.26 Å². The number of nitriles is 1. The third kappa shape index (κ3) is 4.69. The minimum Gasteiger partial charge on any atom is -0.356 e. The first-order valence-corrected chi connectivity index (χ1v) is 13.9. The van der Waals surface area contributed by atoms with Crippen molar-refractivity contribution in [3.8, 4) is 17.2 Å². The van der Waals surface area contributed by atoms with Gasteiger partial charge in [-0.1, -0.05) is 72.7 Å². The number of fused-ring (bicyclic) bond motifs is 3. The Morgan fingerprint density at radius 1 is 0.683 bits per heavy atom. The van der Waals surface area contributed by atoms with Gasteiger partial charge in [-0.2, -0.15) is 5.26 Å². The molecule has 0 saturated carbocycles. The summed E-state index contributed by atoms with van der Waals surface area (Å²) in [5.41, 5.74) is 5.70. The second kappa shape index (κ2) is 10.7. The monoisotopic (exact) mass is 548 g/mol. The number of anilines is 5. The van der Waals surface area contributed by atoms with Gasteiger partial charge in [-0.25, -0.2) is 0 Å². The Kier molecular flexibility index (Phi) is 5.11. The third-order valence-electron chi connectivity index (χ3n) is 6.94. The molecule has 1 N–H and O–H groups in total. The van der Waals surface area contributed by atoms with Crippen LogP contribution in [0.15, 0.2) is 145 Å². The molecule has 0 amide bonds. The summed E-state index contributed by atoms with van der Waals surface area (Å²) in [4.78, 5) is 1.72. The van der Waals surface area contributed by atoms with Crippen LogP contribution in [0.1, 0.15) is 12.4 Å². The molecule has 6 aromatic carbocycles. The van der Waals surface area contributed by atoms with Crippen LogP contribution in [0.4, 0.5) is 28.4 Å². The van der Waals surface area contributed by atoms with Crippen LogP contribution in [0.5, 0.6) is 0 Å². The molecule has 0 saturated heterocycles. The third-order valence-corrected chi connectivity index (χ3v) is 8.15. The Labute approximate surface area is 250 Å². The van der Waals surface area contributed by atoms with Crippen LogP contribution in [-0.4, -0.2) is 0 Å². The van der Waals surface area contributed by atoms with E-state index in [1.54, 1.807) is 17.0 Å². The van der Waals surface area contributed by atoms with E-state index < -0.39 is 18.1 Å². The summed E-state index contributed by atoms with van der Waals surface area (Å²) in [6, 6.07) is 37.6. The van der Waals surface area contributed by atoms with Crippen LogP contribution >= 0.6 is 11.3 Å². The maximum absolute atomic E-state index is 10.1. The predicted octanol–water partition coefficient (Wildman–Crippen LogP) is 10.8. The molecule has 194 valence electrons. The summed E-state index contributed by atoms with van der Waals surface area (Å²) in [6.45, 7) is 0. The molecule has 7 rings (SSSR count). The van der Waals surface area contributed by atoms with E-state index in [0.717, 1.165) is 42.7 Å². The lowest BCUT2D eigenvalue weighted by atomic mass is 10.00. The smallest absolute Gasteiger partial charge is 0.101 e. The van der Waals surface area contributed by atoms with Gasteiger partial charge >= 0.3 is 0 Å². The molecule has 0 radical (unpaired) electrons. The fraction of sp³-hybridized carbons (Fsp3) is 0. The Morgan fingerprint density at radius 2 is 1.41 bits per heavy atom. The van der Waals surface area contributed by atoms with Gasteiger partial charge in [0.05, 0.1) is 22.8 Å². The van der Waals surface area contributed by atoms with E-state index in [0.29, 0.717) is 16.9 Å². The van der Waals surface area contributed by atoms with Crippen molar-refractivity contribution in [3.05, 3.63) is 151 Å². The lowest BCUT2D eigenvalue weighted by Crippen LogP contribution is -2.10. The molecule has 0 atom stereocenters. The number of hydrogen-bond acceptors (Lipinski definition) is 4. The summed E-state index contributed by atoms with van der Waals surface area (Å²) in [7, 11) is 0. The Hall–Kier alpha value is -5.37. The summed E-state index contributed by atoms with van der Waals surface area (Å²) in [5, 5.41) is 15.2. The molecule has 7 aromatic rings. The van der Waals surface area contributed by atoms with Gasteiger partial charge in [-0.05, 0) is 83.9 Å². The maximum atomic E-state index is 10.1. The van der Waals surface area contributed by atoms with Gasteiger partial charge in [-0.3, -0.25) is 0 Å². The molecule has 0 fully saturated rings. The SMILES string of the molecule is [2H]c1c([2H])c([2H])c(N(c2ccccc2)c2ccc(C#N)c3sc4ccc(-c5cccc(Nc6ccccc6)c5)cc4c23)c([2H])c1[2H]. The summed E-state index contributed by atoms with van der Waals surface area (Å²) >= 11 is 1.50. The predicted molar refractivity (Wildman–Crippen MR) is 174 cm³/mol. The maximum Gasteiger partial charge on any atom is 0.101 e. The number of nitrogens with zero attached hydrogens (tertiary/aromatic N) is 2. The quantitative estimate of drug-likeness (QED) is 0.225. The van der Waals surface area contributed by atoms with Crippen LogP contribution in [0.3, 0.4) is 0 Å². The molecule has 0 bridgehead atoms. The number of para-hydroxylation sites is 3. The zero-order chi connectivity index (χ0) is 31.9. The lowest BCUT2D eigenvalue weighted by molar-refractivity contribution is 1.30. The second-order valence-corrected chi connectivity index (χ2v) is 10.5. The highest BCUT2D eigenvalue weighted by molar-refractivity contribution is 7.26. The highest BCUT2D eigenvalue weighted by Crippen LogP contribution is 2.46. The first kappa shape index (κ1) is 19.7. The summed E-state index contributed by atoms with van der Waals surface area (Å²) in [5.74, 6) is 0. The minimum atomic E-state index is -0.452. The molecule has 0 aliphatic rings. The molecule has 3 nitrogen and oxygen atoms in total. The van der Waals surface area contributed by atoms with Crippen molar-refractivity contribution in [1.82, 2.24) is 0 Å². The first-order valence-electron chi connectivity index (χ1n) is 15.6. The topological polar surface area (TPSA) is 39.1 Å². The van der Waals surface area contributed by atoms with Crippen LogP contribution in [0, 0.1) is 11.3 Å². The number of rotatable bonds is 6. The van der Waals surface area contributed by atoms with Crippen molar-refractivity contribution < 1.29 is 6.85 Å². The van der Waals surface area contributed by atoms with Gasteiger partial charge in [0.2, 0.25) is 0 Å². The zero-order valence-corrected chi connectivity index (χ0v) is 22.6. The van der Waals surface area contributed by atoms with Crippen LogP contribution in [0.25, 0.3) is 31.3 Å². The number of thiophene rings is 1. The van der Waals surface area contributed by atoms with E-state index in [1.165, 1.54) is 11.3 Å². The normalized spacial score (nSPS) is 12.6. The van der Waals surface area contributed by atoms with E-state index in [1.807, 2.05) is 72.8 Å². The van der Waals surface area contributed by atoms with Crippen molar-refractivity contribution in [1.29, 1.82) is 5.26 Å². The second-order valence-electron chi connectivity index (χ2n) is 9.48. The van der Waals surface area contributed by atoms with Gasteiger partial charge in [-0.15, -0.1) is 11.3 Å². The van der Waals surface area contributed by atoms with Gasteiger partial charge in [0.15, 0.2) is 0 Å². The van der Waals surface area contributed by atoms with Crippen LogP contribution in [-0.2, 0) is 0 Å². The van der Waals surface area contributed by atoms with E-state index in [-0.39, 0.29) is 17.8 Å². The van der Waals surface area contributed by atoms with Crippen molar-refractivity contribution in [2.24, 2.45) is 0 Å². The summed E-state index contributed by atoms with van der Waals surface area (Å²) in [6.07, 6.45) is 0. The van der Waals surface area contributed by atoms with E-state index in [4.69, 9.17) is 6.85 Å². The summed E-state index contributed by atoms with van der Waals surface area (Å²) < 4.78 is 44.4. The standard InChI is InChI=1S/C37H25N3S/c38-25-28-19-21-34(40(31-15-6-2-7-16-31)32-17-8-3-9-18-32)36-33-24-27(20-22-35(33)41-37(28)36)26-11-10-14-30(23-26)39-29-12-4-1-5-13-29/h1-24,39H/i2D,6D,7D,15D,16D. The average Bonchev–Trinajstić information content (AvgIpc) is 3.48. The van der Waals surface area contributed by atoms with Crippen LogP contribution < -0.4 is 10.2 Å². The molecule has 0 aliphatic carbocycles. The zero-order valence-electron chi connectivity index (χ0n) is 26.8. The molecule has 1 aromatic heterocycles. The molecule has 0 unspecified atom stereocenters. The highest BCUT2D eigenvalue weighted by Gasteiger charge is 2.20. The Morgan fingerprint density at radius 3 is 2.20 bits per heavy atom. The largest absolute Gasteiger partial charge is 0.356 e. The highest BCUT2D eigenvalue weighted by atomic mass is 32.1. The van der Waals surface area contributed by atoms with Crippen LogP contribution in [0.2, 0.25) is 0 Å². The number of benzene rings is 6. The molecular formula is C37H25N3S. The first-order chi connectivity index (χ1) is 22.4. The van der Waals surface area contributed by atoms with Gasteiger partial charge in [0.25, 0.3) is 0 Å². The van der Waals surface area contributed by atoms with E-state index >= 15 is 0 Å². The number of hydrogen-bond donors (Lipinski definition) is 1.